The molecule has 4 aliphatic heterocycles. The zero-order valence-electron chi connectivity index (χ0n) is 34.1. The molecule has 1 aromatic carbocycles. The lowest BCUT2D eigenvalue weighted by molar-refractivity contribution is -0.302. The molecule has 4 aliphatic rings. The van der Waals surface area contributed by atoms with Gasteiger partial charge in [-0.05, 0) is 72.5 Å². The molecule has 0 spiro atoms. The molecule has 308 valence electrons. The fraction of sp³-hybridized carbons (Fsp3) is 0.756. The minimum atomic E-state index is -1.78. The van der Waals surface area contributed by atoms with Crippen molar-refractivity contribution in [3.63, 3.8) is 0 Å². The van der Waals surface area contributed by atoms with Gasteiger partial charge in [-0.2, -0.15) is 0 Å². The molecule has 0 unspecified atom stereocenters. The number of benzene rings is 1. The van der Waals surface area contributed by atoms with E-state index in [1.807, 2.05) is 77.0 Å². The summed E-state index contributed by atoms with van der Waals surface area (Å²) in [6.45, 7) is 13.9. The summed E-state index contributed by atoms with van der Waals surface area (Å²) in [6.07, 6.45) is -6.67. The second-order valence-corrected chi connectivity index (χ2v) is 16.9. The molecule has 14 heteroatoms. The van der Waals surface area contributed by atoms with Gasteiger partial charge in [-0.25, -0.2) is 4.99 Å². The number of aliphatic imine (C=N–C) groups is 1. The van der Waals surface area contributed by atoms with E-state index in [9.17, 15) is 24.9 Å². The zero-order valence-corrected chi connectivity index (χ0v) is 34.1. The number of ether oxygens (including phenoxy) is 5. The van der Waals surface area contributed by atoms with Gasteiger partial charge in [0, 0.05) is 30.0 Å². The van der Waals surface area contributed by atoms with Gasteiger partial charge in [0.2, 0.25) is 6.10 Å². The minimum Gasteiger partial charge on any atom is -0.459 e. The SMILES string of the molecule is CC[C@H]1OC(=O)[C@H](C)[C@@H](O)[C@H](C)[C@@H](O[C@@H]2O[C@H](C)C[C@H](N(C)C)[C@H]2O)[C@@]2(C)C[C@@H](C)C3=NC(=O)[C@H](Cc4ccccc4)O/N=C(/CO[C@H]([C@H]3C)[C@]1(C)O)CO2. The van der Waals surface area contributed by atoms with Crippen molar-refractivity contribution in [3.05, 3.63) is 35.9 Å². The fourth-order valence-electron chi connectivity index (χ4n) is 8.91. The smallest absolute Gasteiger partial charge is 0.311 e. The summed E-state index contributed by atoms with van der Waals surface area (Å²) < 4.78 is 32.5. The van der Waals surface area contributed by atoms with Crippen LogP contribution in [-0.2, 0) is 44.5 Å². The van der Waals surface area contributed by atoms with Crippen molar-refractivity contribution < 1.29 is 53.4 Å². The second-order valence-electron chi connectivity index (χ2n) is 16.9. The Bertz CT molecular complexity index is 1540. The molecule has 14 nitrogen and oxygen atoms in total. The number of cyclic esters (lactones) is 1. The Morgan fingerprint density at radius 2 is 1.67 bits per heavy atom. The Labute approximate surface area is 325 Å². The number of aliphatic hydroxyl groups excluding tert-OH is 2. The first-order valence-electron chi connectivity index (χ1n) is 19.8. The number of carbonyl (C=O) groups excluding carboxylic acids is 2. The van der Waals surface area contributed by atoms with Crippen LogP contribution in [0.2, 0.25) is 0 Å². The number of rotatable bonds is 6. The average Bonchev–Trinajstić information content (AvgIpc) is 3.17. The molecule has 0 aliphatic carbocycles. The Balaban J connectivity index is 1.70. The topological polar surface area (TPSA) is 178 Å². The summed E-state index contributed by atoms with van der Waals surface area (Å²) >= 11 is 0. The number of fused-ring (bicyclic) bond motifs is 4. The van der Waals surface area contributed by atoms with Crippen molar-refractivity contribution in [2.75, 3.05) is 27.3 Å². The van der Waals surface area contributed by atoms with Crippen LogP contribution < -0.4 is 0 Å². The van der Waals surface area contributed by atoms with Crippen LogP contribution in [-0.4, -0.2) is 137 Å². The fourth-order valence-corrected chi connectivity index (χ4v) is 8.91. The van der Waals surface area contributed by atoms with Gasteiger partial charge < -0.3 is 48.7 Å². The van der Waals surface area contributed by atoms with E-state index in [-0.39, 0.29) is 44.6 Å². The van der Waals surface area contributed by atoms with Gasteiger partial charge in [0.1, 0.15) is 23.5 Å². The second kappa shape index (κ2) is 17.8. The van der Waals surface area contributed by atoms with E-state index in [0.29, 0.717) is 17.8 Å². The van der Waals surface area contributed by atoms with Crippen LogP contribution in [0.15, 0.2) is 40.5 Å². The van der Waals surface area contributed by atoms with E-state index in [2.05, 4.69) is 5.16 Å². The highest BCUT2D eigenvalue weighted by Gasteiger charge is 2.53. The van der Waals surface area contributed by atoms with Crippen molar-refractivity contribution in [2.45, 2.75) is 147 Å². The molecular weight excluding hydrogens is 710 g/mol. The molecular formula is C41H63N3O11. The lowest BCUT2D eigenvalue weighted by Gasteiger charge is -2.48. The third-order valence-electron chi connectivity index (χ3n) is 12.1. The van der Waals surface area contributed by atoms with Gasteiger partial charge in [0.25, 0.3) is 5.91 Å². The van der Waals surface area contributed by atoms with E-state index in [1.54, 1.807) is 27.7 Å². The van der Waals surface area contributed by atoms with Gasteiger partial charge in [0.15, 0.2) is 6.29 Å². The lowest BCUT2D eigenvalue weighted by Crippen LogP contribution is -2.60. The third-order valence-corrected chi connectivity index (χ3v) is 12.1. The van der Waals surface area contributed by atoms with Crippen LogP contribution in [0.4, 0.5) is 0 Å². The Kier molecular flexibility index (Phi) is 14.0. The molecule has 4 heterocycles. The maximum atomic E-state index is 14.2. The number of aliphatic hydroxyl groups is 3. The number of carbonyl (C=O) groups is 2. The quantitative estimate of drug-likeness (QED) is 0.360. The normalized spacial score (nSPS) is 43.3. The first-order chi connectivity index (χ1) is 25.9. The average molecular weight is 774 g/mol. The van der Waals surface area contributed by atoms with Crippen molar-refractivity contribution in [2.24, 2.45) is 33.8 Å². The van der Waals surface area contributed by atoms with Gasteiger partial charge in [-0.1, -0.05) is 63.2 Å². The first-order valence-corrected chi connectivity index (χ1v) is 19.8. The standard InChI is InChI=1S/C41H63N3O11/c1-11-31-41(8,49)36-24(4)32-22(2)19-40(7,51-21-28(20-50-36)43-55-30(37(47)42-32)18-27-15-13-12-14-16-27)35(25(5)33(45)26(6)38(48)53-31)54-39-34(46)29(44(9)10)17-23(3)52-39/h12-16,22-26,29-31,33-36,39,45-46,49H,11,17-21H2,1-10H3/b42-32?,43-28-/t22-,23-,24+,25+,26-,29+,30+,31-,33+,34-,35-,36-,39+,40-,41-/m1/s1. The summed E-state index contributed by atoms with van der Waals surface area (Å²) in [5.74, 6) is -4.29. The van der Waals surface area contributed by atoms with Gasteiger partial charge >= 0.3 is 5.97 Å². The van der Waals surface area contributed by atoms with E-state index < -0.39 is 89.7 Å². The molecule has 55 heavy (non-hydrogen) atoms. The van der Waals surface area contributed by atoms with Crippen molar-refractivity contribution >= 4 is 23.3 Å². The molecule has 3 saturated heterocycles. The third kappa shape index (κ3) is 9.50. The number of amides is 1. The summed E-state index contributed by atoms with van der Waals surface area (Å²) in [6, 6.07) is 9.18. The van der Waals surface area contributed by atoms with Crippen LogP contribution >= 0.6 is 0 Å². The van der Waals surface area contributed by atoms with Crippen molar-refractivity contribution in [3.8, 4) is 0 Å². The van der Waals surface area contributed by atoms with Gasteiger partial charge in [-0.3, -0.25) is 9.59 Å². The van der Waals surface area contributed by atoms with Crippen LogP contribution in [0.25, 0.3) is 0 Å². The number of nitrogens with zero attached hydrogens (tertiary/aromatic N) is 3. The minimum absolute atomic E-state index is 0.138. The largest absolute Gasteiger partial charge is 0.459 e. The van der Waals surface area contributed by atoms with Gasteiger partial charge in [-0.15, -0.1) is 0 Å². The lowest BCUT2D eigenvalue weighted by atomic mass is 9.73. The molecule has 3 fully saturated rings. The highest BCUT2D eigenvalue weighted by Crippen LogP contribution is 2.41. The van der Waals surface area contributed by atoms with E-state index >= 15 is 0 Å². The Morgan fingerprint density at radius 1 is 0.982 bits per heavy atom. The molecule has 0 saturated carbocycles. The molecule has 0 aromatic heterocycles. The maximum absolute atomic E-state index is 14.2. The van der Waals surface area contributed by atoms with Crippen molar-refractivity contribution in [1.82, 2.24) is 4.90 Å². The van der Waals surface area contributed by atoms with Gasteiger partial charge in [0.05, 0.1) is 49.1 Å². The number of hydrogen-bond donors (Lipinski definition) is 3. The van der Waals surface area contributed by atoms with Crippen molar-refractivity contribution in [1.29, 1.82) is 0 Å². The molecule has 4 bridgehead atoms. The molecule has 3 N–H and O–H groups in total. The Morgan fingerprint density at radius 3 is 2.33 bits per heavy atom. The molecule has 5 rings (SSSR count). The highest BCUT2D eigenvalue weighted by atomic mass is 16.7. The predicted octanol–water partition coefficient (Wildman–Crippen LogP) is 3.32. The summed E-state index contributed by atoms with van der Waals surface area (Å²) in [5, 5.41) is 40.4. The van der Waals surface area contributed by atoms with E-state index in [4.69, 9.17) is 33.5 Å². The van der Waals surface area contributed by atoms with Crippen LogP contribution in [0.1, 0.15) is 80.2 Å². The van der Waals surface area contributed by atoms with E-state index in [1.165, 1.54) is 0 Å². The molecule has 1 aromatic rings. The predicted molar refractivity (Wildman–Crippen MR) is 204 cm³/mol. The van der Waals surface area contributed by atoms with Crippen LogP contribution in [0.3, 0.4) is 0 Å². The Hall–Kier alpha value is -2.82. The number of esters is 1. The zero-order chi connectivity index (χ0) is 40.4. The molecule has 1 amide bonds. The first kappa shape index (κ1) is 43.3. The number of hydrogen-bond acceptors (Lipinski definition) is 13. The monoisotopic (exact) mass is 773 g/mol. The van der Waals surface area contributed by atoms with Crippen LogP contribution in [0, 0.1) is 23.7 Å². The molecule has 15 atom stereocenters. The highest BCUT2D eigenvalue weighted by molar-refractivity contribution is 6.00. The maximum Gasteiger partial charge on any atom is 0.311 e. The summed E-state index contributed by atoms with van der Waals surface area (Å²) in [7, 11) is 3.77. The molecule has 0 radical (unpaired) electrons. The number of likely N-dealkylation sites (N-methyl/N-ethyl adjacent to an activating group) is 1. The summed E-state index contributed by atoms with van der Waals surface area (Å²) in [5.41, 5.74) is -1.49. The summed E-state index contributed by atoms with van der Waals surface area (Å²) in [4.78, 5) is 40.8. The number of oxime groups is 1. The van der Waals surface area contributed by atoms with E-state index in [0.717, 1.165) is 5.56 Å². The van der Waals surface area contributed by atoms with Crippen LogP contribution in [0.5, 0.6) is 0 Å².